The summed E-state index contributed by atoms with van der Waals surface area (Å²) in [6.07, 6.45) is 2.71. The van der Waals surface area contributed by atoms with Gasteiger partial charge in [0, 0.05) is 23.3 Å². The molecule has 0 aromatic heterocycles. The molecular weight excluding hydrogens is 702 g/mol. The summed E-state index contributed by atoms with van der Waals surface area (Å²) in [6.45, 7) is 14.8. The Morgan fingerprint density at radius 1 is 1.10 bits per heavy atom. The van der Waals surface area contributed by atoms with Crippen LogP contribution in [-0.4, -0.2) is 85.9 Å². The molecule has 3 saturated heterocycles. The number of halogens is 1. The van der Waals surface area contributed by atoms with Crippen molar-refractivity contribution in [3.8, 4) is 0 Å². The number of allylic oxidation sites excluding steroid dienone is 1. The Kier molecular flexibility index (Phi) is 11.4. The number of carbonyl (C=O) groups is 4. The molecule has 3 fully saturated rings. The molecule has 0 saturated carbocycles. The highest BCUT2D eigenvalue weighted by Gasteiger charge is 2.78. The van der Waals surface area contributed by atoms with Gasteiger partial charge < -0.3 is 29.7 Å². The van der Waals surface area contributed by atoms with E-state index in [1.54, 1.807) is 36.1 Å². The number of likely N-dealkylation sites (tertiary alicyclic amines) is 1. The molecule has 3 heterocycles. The number of hydrogen-bond acceptors (Lipinski definition) is 7. The molecule has 10 nitrogen and oxygen atoms in total. The number of rotatable bonds is 14. The van der Waals surface area contributed by atoms with Crippen LogP contribution in [0, 0.1) is 11.8 Å². The van der Waals surface area contributed by atoms with Crippen molar-refractivity contribution in [2.75, 3.05) is 13.2 Å². The van der Waals surface area contributed by atoms with Crippen molar-refractivity contribution in [3.05, 3.63) is 97.1 Å². The fourth-order valence-electron chi connectivity index (χ4n) is 7.89. The Morgan fingerprint density at radius 3 is 2.28 bits per heavy atom. The summed E-state index contributed by atoms with van der Waals surface area (Å²) in [4.78, 5) is 59.8. The predicted octanol–water partition coefficient (Wildman–Crippen LogP) is 5.04. The van der Waals surface area contributed by atoms with E-state index < -0.39 is 71.8 Å². The second kappa shape index (κ2) is 15.2. The van der Waals surface area contributed by atoms with Crippen LogP contribution in [0.15, 0.2) is 86.0 Å². The summed E-state index contributed by atoms with van der Waals surface area (Å²) in [5.41, 5.74) is -0.698. The monoisotopic (exact) mass is 749 g/mol. The zero-order valence-corrected chi connectivity index (χ0v) is 30.8. The van der Waals surface area contributed by atoms with Gasteiger partial charge in [0.25, 0.3) is 0 Å². The zero-order valence-electron chi connectivity index (χ0n) is 29.2. The largest absolute Gasteiger partial charge is 0.455 e. The van der Waals surface area contributed by atoms with E-state index in [0.717, 1.165) is 0 Å². The van der Waals surface area contributed by atoms with Crippen molar-refractivity contribution >= 4 is 39.6 Å². The summed E-state index contributed by atoms with van der Waals surface area (Å²) in [7, 11) is 0. The van der Waals surface area contributed by atoms with Gasteiger partial charge in [-0.15, -0.1) is 13.2 Å². The summed E-state index contributed by atoms with van der Waals surface area (Å²) >= 11 is 3.74. The van der Waals surface area contributed by atoms with Crippen molar-refractivity contribution < 1.29 is 33.8 Å². The van der Waals surface area contributed by atoms with Crippen molar-refractivity contribution in [1.29, 1.82) is 0 Å². The lowest BCUT2D eigenvalue weighted by atomic mass is 9.70. The SMILES string of the molecule is C=CCCC(=O)N[C@H](C)[C@@H](OC(=O)[C@@H]1[C@H]2O[C@@]3(CC2Br)[C@H](C(=O)N(CC=C)C(C)(C)C)N([C@H](CO)c2ccccc2)C(=O)[C@@H]13)c1ccccc1. The Morgan fingerprint density at radius 2 is 1.72 bits per heavy atom. The topological polar surface area (TPSA) is 125 Å². The molecule has 3 aliphatic rings. The molecule has 9 atom stereocenters. The van der Waals surface area contributed by atoms with Crippen LogP contribution in [0.2, 0.25) is 0 Å². The van der Waals surface area contributed by atoms with Crippen LogP contribution >= 0.6 is 15.9 Å². The predicted molar refractivity (Wildman–Crippen MR) is 193 cm³/mol. The van der Waals surface area contributed by atoms with E-state index >= 15 is 0 Å². The van der Waals surface area contributed by atoms with Gasteiger partial charge in [0.2, 0.25) is 17.7 Å². The number of alkyl halides is 1. The lowest BCUT2D eigenvalue weighted by Crippen LogP contribution is -2.60. The molecule has 0 aliphatic carbocycles. The van der Waals surface area contributed by atoms with E-state index in [-0.39, 0.29) is 29.6 Å². The van der Waals surface area contributed by atoms with Crippen molar-refractivity contribution in [3.63, 3.8) is 0 Å². The van der Waals surface area contributed by atoms with Gasteiger partial charge in [0.05, 0.1) is 36.6 Å². The van der Waals surface area contributed by atoms with E-state index in [1.807, 2.05) is 69.3 Å². The van der Waals surface area contributed by atoms with Crippen LogP contribution in [0.5, 0.6) is 0 Å². The maximum Gasteiger partial charge on any atom is 0.313 e. The number of aliphatic hydroxyl groups excluding tert-OH is 1. The van der Waals surface area contributed by atoms with Gasteiger partial charge in [0.15, 0.2) is 0 Å². The first-order valence-corrected chi connectivity index (χ1v) is 18.1. The molecule has 1 unspecified atom stereocenters. The number of carbonyl (C=O) groups excluding carboxylic acids is 4. The maximum absolute atomic E-state index is 14.9. The molecule has 2 bridgehead atoms. The van der Waals surface area contributed by atoms with E-state index in [1.165, 1.54) is 4.90 Å². The standard InChI is InChI=1S/C39H48BrN3O7/c1-7-9-20-29(45)41-24(3)32(26-18-14-11-15-19-26)49-37(48)30-31-35(46)43(28(23-44)25-16-12-10-13-17-25)34(39(31)22-27(40)33(30)50-39)36(47)42(21-8-2)38(4,5)6/h7-8,10-19,24,27-28,30-34,44H,1-2,9,20-23H2,3-6H3,(H,41,45)/t24-,27?,28-,30+,31-,32-,33+,34+,39-/m1/s1. The lowest BCUT2D eigenvalue weighted by Gasteiger charge is -2.43. The number of hydrogen-bond donors (Lipinski definition) is 2. The average Bonchev–Trinajstić information content (AvgIpc) is 3.68. The van der Waals surface area contributed by atoms with Gasteiger partial charge in [-0.3, -0.25) is 19.2 Å². The minimum atomic E-state index is -1.38. The molecule has 2 aromatic rings. The Labute approximate surface area is 303 Å². The van der Waals surface area contributed by atoms with Crippen molar-refractivity contribution in [2.24, 2.45) is 11.8 Å². The van der Waals surface area contributed by atoms with E-state index in [0.29, 0.717) is 24.0 Å². The minimum Gasteiger partial charge on any atom is -0.455 e. The number of nitrogens with zero attached hydrogens (tertiary/aromatic N) is 2. The third-order valence-corrected chi connectivity index (χ3v) is 10.9. The third-order valence-electron chi connectivity index (χ3n) is 10.1. The molecule has 11 heteroatoms. The quantitative estimate of drug-likeness (QED) is 0.158. The number of aliphatic hydroxyl groups is 1. The second-order valence-corrected chi connectivity index (χ2v) is 15.6. The Hall–Kier alpha value is -3.80. The molecule has 3 aliphatic heterocycles. The van der Waals surface area contributed by atoms with Crippen molar-refractivity contribution in [1.82, 2.24) is 15.1 Å². The van der Waals surface area contributed by atoms with E-state index in [4.69, 9.17) is 9.47 Å². The third kappa shape index (κ3) is 6.92. The number of ether oxygens (including phenoxy) is 2. The van der Waals surface area contributed by atoms with Crippen LogP contribution in [-0.2, 0) is 28.7 Å². The van der Waals surface area contributed by atoms with Gasteiger partial charge in [-0.1, -0.05) is 88.7 Å². The first-order valence-electron chi connectivity index (χ1n) is 17.2. The van der Waals surface area contributed by atoms with Gasteiger partial charge in [-0.05, 0) is 51.7 Å². The highest BCUT2D eigenvalue weighted by Crippen LogP contribution is 2.61. The van der Waals surface area contributed by atoms with E-state index in [9.17, 15) is 24.3 Å². The fourth-order valence-corrected chi connectivity index (χ4v) is 8.84. The molecule has 5 rings (SSSR count). The van der Waals surface area contributed by atoms with Crippen LogP contribution in [0.3, 0.4) is 0 Å². The number of fused-ring (bicyclic) bond motifs is 1. The Balaban J connectivity index is 1.57. The fraction of sp³-hybridized carbons (Fsp3) is 0.487. The van der Waals surface area contributed by atoms with E-state index in [2.05, 4.69) is 34.4 Å². The normalized spacial score (nSPS) is 27.2. The molecule has 268 valence electrons. The molecule has 2 aromatic carbocycles. The summed E-state index contributed by atoms with van der Waals surface area (Å²) < 4.78 is 13.0. The number of esters is 1. The summed E-state index contributed by atoms with van der Waals surface area (Å²) in [6, 6.07) is 15.6. The summed E-state index contributed by atoms with van der Waals surface area (Å²) in [5, 5.41) is 13.8. The molecule has 2 N–H and O–H groups in total. The Bertz CT molecular complexity index is 1580. The highest BCUT2D eigenvalue weighted by molar-refractivity contribution is 9.09. The first kappa shape index (κ1) is 37.5. The van der Waals surface area contributed by atoms with Gasteiger partial charge in [-0.25, -0.2) is 0 Å². The molecule has 0 radical (unpaired) electrons. The van der Waals surface area contributed by atoms with Crippen LogP contribution < -0.4 is 5.32 Å². The number of benzene rings is 2. The van der Waals surface area contributed by atoms with Gasteiger partial charge >= 0.3 is 5.97 Å². The molecule has 1 spiro atoms. The molecular formula is C39H48BrN3O7. The lowest BCUT2D eigenvalue weighted by molar-refractivity contribution is -0.162. The van der Waals surface area contributed by atoms with Crippen LogP contribution in [0.25, 0.3) is 0 Å². The maximum atomic E-state index is 14.9. The first-order chi connectivity index (χ1) is 23.8. The molecule has 3 amide bonds. The smallest absolute Gasteiger partial charge is 0.313 e. The second-order valence-electron chi connectivity index (χ2n) is 14.4. The van der Waals surface area contributed by atoms with Gasteiger partial charge in [0.1, 0.15) is 17.7 Å². The van der Waals surface area contributed by atoms with Crippen molar-refractivity contribution in [2.45, 2.75) is 93.3 Å². The minimum absolute atomic E-state index is 0.209. The molecule has 50 heavy (non-hydrogen) atoms. The zero-order chi connectivity index (χ0) is 36.4. The van der Waals surface area contributed by atoms with Crippen LogP contribution in [0.1, 0.15) is 70.2 Å². The average molecular weight is 751 g/mol. The number of nitrogens with one attached hydrogen (secondary N) is 1. The highest BCUT2D eigenvalue weighted by atomic mass is 79.9. The van der Waals surface area contributed by atoms with Gasteiger partial charge in [-0.2, -0.15) is 0 Å². The van der Waals surface area contributed by atoms with Crippen LogP contribution in [0.4, 0.5) is 0 Å². The summed E-state index contributed by atoms with van der Waals surface area (Å²) in [5.74, 6) is -3.79. The number of amides is 3.